The highest BCUT2D eigenvalue weighted by atomic mass is 32.2. The smallest absolute Gasteiger partial charge is 0.262 e. The van der Waals surface area contributed by atoms with Gasteiger partial charge in [0.2, 0.25) is 0 Å². The number of hydrogen-bond donors (Lipinski definition) is 1. The molecule has 0 radical (unpaired) electrons. The van der Waals surface area contributed by atoms with Crippen molar-refractivity contribution in [1.29, 1.82) is 0 Å². The van der Waals surface area contributed by atoms with Gasteiger partial charge >= 0.3 is 0 Å². The minimum Gasteiger partial charge on any atom is -0.339 e. The highest BCUT2D eigenvalue weighted by molar-refractivity contribution is 7.89. The molecule has 1 aromatic heterocycles. The number of imidazole rings is 1. The molecule has 0 amide bonds. The Morgan fingerprint density at radius 3 is 2.80 bits per heavy atom. The van der Waals surface area contributed by atoms with Gasteiger partial charge in [0, 0.05) is 32.4 Å². The minimum absolute atomic E-state index is 0.0523. The first kappa shape index (κ1) is 10.6. The van der Waals surface area contributed by atoms with Crippen LogP contribution in [0.3, 0.4) is 0 Å². The molecular formula is C8H14N4O2S. The SMILES string of the molecule is Cn1cnc(S(=O)(=O)N2CC[C@@H](N)C2)c1. The van der Waals surface area contributed by atoms with E-state index in [1.54, 1.807) is 11.6 Å². The Labute approximate surface area is 88.7 Å². The normalized spacial score (nSPS) is 23.5. The minimum atomic E-state index is -3.43. The standard InChI is InChI=1S/C8H14N4O2S/c1-11-5-8(10-6-11)15(13,14)12-3-2-7(9)4-12/h5-7H,2-4,9H2,1H3/t7-/m1/s1. The third kappa shape index (κ3) is 1.90. The van der Waals surface area contributed by atoms with Crippen LogP contribution in [0.1, 0.15) is 6.42 Å². The fraction of sp³-hybridized carbons (Fsp3) is 0.625. The molecule has 0 spiro atoms. The highest BCUT2D eigenvalue weighted by Crippen LogP contribution is 2.18. The van der Waals surface area contributed by atoms with Gasteiger partial charge in [-0.05, 0) is 6.42 Å². The third-order valence-corrected chi connectivity index (χ3v) is 4.22. The molecule has 0 saturated carbocycles. The number of hydrogen-bond acceptors (Lipinski definition) is 4. The van der Waals surface area contributed by atoms with E-state index in [0.29, 0.717) is 19.5 Å². The van der Waals surface area contributed by atoms with E-state index in [0.717, 1.165) is 0 Å². The molecule has 84 valence electrons. The van der Waals surface area contributed by atoms with Crippen LogP contribution in [0.4, 0.5) is 0 Å². The molecule has 2 N–H and O–H groups in total. The van der Waals surface area contributed by atoms with Crippen LogP contribution in [-0.4, -0.2) is 41.4 Å². The molecule has 7 heteroatoms. The summed E-state index contributed by atoms with van der Waals surface area (Å²) >= 11 is 0. The number of nitrogens with two attached hydrogens (primary N) is 1. The van der Waals surface area contributed by atoms with Gasteiger partial charge < -0.3 is 10.3 Å². The molecule has 2 heterocycles. The second-order valence-corrected chi connectivity index (χ2v) is 5.67. The lowest BCUT2D eigenvalue weighted by Gasteiger charge is -2.13. The van der Waals surface area contributed by atoms with E-state index in [9.17, 15) is 8.42 Å². The Morgan fingerprint density at radius 2 is 2.33 bits per heavy atom. The molecule has 6 nitrogen and oxygen atoms in total. The van der Waals surface area contributed by atoms with Gasteiger partial charge in [-0.1, -0.05) is 0 Å². The van der Waals surface area contributed by atoms with Crippen molar-refractivity contribution >= 4 is 10.0 Å². The summed E-state index contributed by atoms with van der Waals surface area (Å²) in [5.41, 5.74) is 5.67. The van der Waals surface area contributed by atoms with Gasteiger partial charge in [0.1, 0.15) is 0 Å². The average molecular weight is 230 g/mol. The second kappa shape index (κ2) is 3.58. The predicted molar refractivity (Wildman–Crippen MR) is 54.6 cm³/mol. The summed E-state index contributed by atoms with van der Waals surface area (Å²) < 4.78 is 27.0. The maximum atomic E-state index is 12.0. The summed E-state index contributed by atoms with van der Waals surface area (Å²) in [4.78, 5) is 3.85. The fourth-order valence-corrected chi connectivity index (χ4v) is 3.10. The van der Waals surface area contributed by atoms with Gasteiger partial charge in [0.05, 0.1) is 6.33 Å². The molecule has 0 bridgehead atoms. The quantitative estimate of drug-likeness (QED) is 0.717. The molecule has 0 aromatic carbocycles. The Morgan fingerprint density at radius 1 is 1.60 bits per heavy atom. The first-order chi connectivity index (χ1) is 7.00. The average Bonchev–Trinajstić information content (AvgIpc) is 2.74. The van der Waals surface area contributed by atoms with Gasteiger partial charge in [-0.25, -0.2) is 13.4 Å². The zero-order valence-electron chi connectivity index (χ0n) is 8.50. The van der Waals surface area contributed by atoms with Crippen molar-refractivity contribution in [3.63, 3.8) is 0 Å². The van der Waals surface area contributed by atoms with Crippen LogP contribution < -0.4 is 5.73 Å². The molecule has 2 rings (SSSR count). The topological polar surface area (TPSA) is 81.2 Å². The summed E-state index contributed by atoms with van der Waals surface area (Å²) in [5, 5.41) is 0.0964. The molecular weight excluding hydrogens is 216 g/mol. The number of nitrogens with zero attached hydrogens (tertiary/aromatic N) is 3. The Kier molecular flexibility index (Phi) is 2.53. The second-order valence-electron chi connectivity index (χ2n) is 3.79. The van der Waals surface area contributed by atoms with Gasteiger partial charge in [-0.2, -0.15) is 4.31 Å². The number of aryl methyl sites for hydroxylation is 1. The number of sulfonamides is 1. The lowest BCUT2D eigenvalue weighted by atomic mass is 10.3. The summed E-state index contributed by atoms with van der Waals surface area (Å²) in [5.74, 6) is 0. The van der Waals surface area contributed by atoms with Crippen LogP contribution in [0, 0.1) is 0 Å². The Bertz CT molecular complexity index is 453. The largest absolute Gasteiger partial charge is 0.339 e. The van der Waals surface area contributed by atoms with Crippen molar-refractivity contribution in [3.8, 4) is 0 Å². The van der Waals surface area contributed by atoms with Crippen molar-refractivity contribution in [2.75, 3.05) is 13.1 Å². The van der Waals surface area contributed by atoms with Crippen LogP contribution in [0.2, 0.25) is 0 Å². The molecule has 1 aliphatic heterocycles. The van der Waals surface area contributed by atoms with Crippen molar-refractivity contribution < 1.29 is 8.42 Å². The summed E-state index contributed by atoms with van der Waals surface area (Å²) in [7, 11) is -1.69. The monoisotopic (exact) mass is 230 g/mol. The Balaban J connectivity index is 2.27. The van der Waals surface area contributed by atoms with Crippen molar-refractivity contribution in [3.05, 3.63) is 12.5 Å². The van der Waals surface area contributed by atoms with Crippen molar-refractivity contribution in [1.82, 2.24) is 13.9 Å². The van der Waals surface area contributed by atoms with E-state index in [2.05, 4.69) is 4.98 Å². The molecule has 1 aliphatic rings. The van der Waals surface area contributed by atoms with Crippen molar-refractivity contribution in [2.24, 2.45) is 12.8 Å². The summed E-state index contributed by atoms with van der Waals surface area (Å²) in [6, 6.07) is -0.0523. The van der Waals surface area contributed by atoms with Crippen LogP contribution >= 0.6 is 0 Å². The molecule has 0 unspecified atom stereocenters. The first-order valence-electron chi connectivity index (χ1n) is 4.74. The van der Waals surface area contributed by atoms with Crippen LogP contribution in [0.15, 0.2) is 17.6 Å². The van der Waals surface area contributed by atoms with Gasteiger partial charge in [-0.15, -0.1) is 0 Å². The van der Waals surface area contributed by atoms with Gasteiger partial charge in [0.25, 0.3) is 10.0 Å². The zero-order chi connectivity index (χ0) is 11.1. The predicted octanol–water partition coefficient (Wildman–Crippen LogP) is -0.858. The molecule has 1 atom stereocenters. The maximum Gasteiger partial charge on any atom is 0.262 e. The van der Waals surface area contributed by atoms with E-state index < -0.39 is 10.0 Å². The maximum absolute atomic E-state index is 12.0. The van der Waals surface area contributed by atoms with E-state index in [-0.39, 0.29) is 11.1 Å². The molecule has 0 aliphatic carbocycles. The fourth-order valence-electron chi connectivity index (χ4n) is 1.63. The van der Waals surface area contributed by atoms with Gasteiger partial charge in [0.15, 0.2) is 5.03 Å². The third-order valence-electron chi connectivity index (χ3n) is 2.47. The van der Waals surface area contributed by atoms with Crippen molar-refractivity contribution in [2.45, 2.75) is 17.5 Å². The van der Waals surface area contributed by atoms with Crippen LogP contribution in [-0.2, 0) is 17.1 Å². The molecule has 1 fully saturated rings. The summed E-state index contributed by atoms with van der Waals surface area (Å²) in [6.07, 6.45) is 3.69. The van der Waals surface area contributed by atoms with E-state index in [1.165, 1.54) is 16.8 Å². The Hall–Kier alpha value is -0.920. The first-order valence-corrected chi connectivity index (χ1v) is 6.18. The van der Waals surface area contributed by atoms with Gasteiger partial charge in [-0.3, -0.25) is 0 Å². The molecule has 1 aromatic rings. The van der Waals surface area contributed by atoms with E-state index >= 15 is 0 Å². The number of rotatable bonds is 2. The lowest BCUT2D eigenvalue weighted by Crippen LogP contribution is -2.32. The highest BCUT2D eigenvalue weighted by Gasteiger charge is 2.32. The summed E-state index contributed by atoms with van der Waals surface area (Å²) in [6.45, 7) is 0.874. The molecule has 15 heavy (non-hydrogen) atoms. The van der Waals surface area contributed by atoms with E-state index in [4.69, 9.17) is 5.73 Å². The van der Waals surface area contributed by atoms with Crippen LogP contribution in [0.25, 0.3) is 0 Å². The lowest BCUT2D eigenvalue weighted by molar-refractivity contribution is 0.470. The van der Waals surface area contributed by atoms with E-state index in [1.807, 2.05) is 0 Å². The van der Waals surface area contributed by atoms with Crippen LogP contribution in [0.5, 0.6) is 0 Å². The molecule has 1 saturated heterocycles. The number of aromatic nitrogens is 2. The zero-order valence-corrected chi connectivity index (χ0v) is 9.31.